The molecular formula is C2H8FeOSi. The summed E-state index contributed by atoms with van der Waals surface area (Å²) in [5.74, 6) is 0. The van der Waals surface area contributed by atoms with Gasteiger partial charge < -0.3 is 4.80 Å². The summed E-state index contributed by atoms with van der Waals surface area (Å²) in [4.78, 5) is 8.19. The summed E-state index contributed by atoms with van der Waals surface area (Å²) >= 11 is 0. The number of hydrogen-bond acceptors (Lipinski definition) is 1. The van der Waals surface area contributed by atoms with Crippen LogP contribution in [0, 0.1) is 0 Å². The van der Waals surface area contributed by atoms with Crippen molar-refractivity contribution in [3.63, 3.8) is 0 Å². The fourth-order valence-corrected chi connectivity index (χ4v) is 0. The van der Waals surface area contributed by atoms with E-state index in [9.17, 15) is 0 Å². The minimum Gasteiger partial charge on any atom is -0.435 e. The van der Waals surface area contributed by atoms with Crippen molar-refractivity contribution in [2.75, 3.05) is 0 Å². The van der Waals surface area contributed by atoms with Gasteiger partial charge in [-0.25, -0.2) is 0 Å². The molecule has 0 rings (SSSR count). The second kappa shape index (κ2) is 4.70. The zero-order chi connectivity index (χ0) is 3.58. The fourth-order valence-electron chi connectivity index (χ4n) is 0. The number of hydrogen-bond donors (Lipinski definition) is 1. The average Bonchev–Trinajstić information content (AvgIpc) is 0.811. The second-order valence-electron chi connectivity index (χ2n) is 1.09. The fraction of sp³-hybridized carbons (Fsp3) is 1.00. The Balaban J connectivity index is 0. The Morgan fingerprint density at radius 3 is 1.40 bits per heavy atom. The van der Waals surface area contributed by atoms with Crippen LogP contribution >= 0.6 is 0 Å². The topological polar surface area (TPSA) is 20.2 Å². The summed E-state index contributed by atoms with van der Waals surface area (Å²) in [7, 11) is -1.14. The van der Waals surface area contributed by atoms with Crippen LogP contribution in [0.1, 0.15) is 0 Å². The van der Waals surface area contributed by atoms with Gasteiger partial charge in [-0.1, -0.05) is 0 Å². The minimum absolute atomic E-state index is 0. The van der Waals surface area contributed by atoms with Crippen LogP contribution in [0.3, 0.4) is 0 Å². The van der Waals surface area contributed by atoms with Gasteiger partial charge in [0, 0.05) is 17.1 Å². The molecule has 0 aliphatic heterocycles. The molecule has 0 unspecified atom stereocenters. The molecule has 0 aromatic heterocycles. The van der Waals surface area contributed by atoms with Crippen molar-refractivity contribution < 1.29 is 21.9 Å². The third kappa shape index (κ3) is 70.4. The molecule has 34 valence electrons. The first-order valence-electron chi connectivity index (χ1n) is 1.41. The van der Waals surface area contributed by atoms with Crippen molar-refractivity contribution in [3.8, 4) is 0 Å². The van der Waals surface area contributed by atoms with Crippen LogP contribution in [0.4, 0.5) is 0 Å². The van der Waals surface area contributed by atoms with Gasteiger partial charge >= 0.3 is 0 Å². The molecule has 0 heterocycles. The van der Waals surface area contributed by atoms with E-state index in [2.05, 4.69) is 0 Å². The Hall–Kier alpha value is 0.696. The summed E-state index contributed by atoms with van der Waals surface area (Å²) in [5.41, 5.74) is 0. The Kier molecular flexibility index (Phi) is 8.64. The van der Waals surface area contributed by atoms with Gasteiger partial charge in [0.1, 0.15) is 0 Å². The van der Waals surface area contributed by atoms with Gasteiger partial charge in [0.25, 0.3) is 0 Å². The first kappa shape index (κ1) is 9.20. The molecule has 1 N–H and O–H groups in total. The molecule has 0 amide bonds. The van der Waals surface area contributed by atoms with Gasteiger partial charge in [-0.05, 0) is 13.1 Å². The molecular weight excluding hydrogens is 124 g/mol. The van der Waals surface area contributed by atoms with Crippen LogP contribution in [-0.4, -0.2) is 13.8 Å². The van der Waals surface area contributed by atoms with Crippen molar-refractivity contribution in [2.24, 2.45) is 0 Å². The van der Waals surface area contributed by atoms with Gasteiger partial charge in [0.05, 0.1) is 0 Å². The maximum Gasteiger partial charge on any atom is 0.166 e. The molecule has 0 radical (unpaired) electrons. The quantitative estimate of drug-likeness (QED) is 0.458. The van der Waals surface area contributed by atoms with Crippen molar-refractivity contribution in [2.45, 2.75) is 13.1 Å². The van der Waals surface area contributed by atoms with Crippen LogP contribution in [0.5, 0.6) is 0 Å². The molecule has 0 spiro atoms. The molecule has 0 aromatic carbocycles. The third-order valence-electron chi connectivity index (χ3n) is 0. The van der Waals surface area contributed by atoms with E-state index in [1.807, 2.05) is 13.1 Å². The van der Waals surface area contributed by atoms with Gasteiger partial charge in [0.2, 0.25) is 0 Å². The van der Waals surface area contributed by atoms with Crippen molar-refractivity contribution in [1.29, 1.82) is 0 Å². The maximum atomic E-state index is 8.19. The molecule has 0 aliphatic carbocycles. The van der Waals surface area contributed by atoms with Crippen LogP contribution < -0.4 is 0 Å². The predicted octanol–water partition coefficient (Wildman–Crippen LogP) is -0.0404. The van der Waals surface area contributed by atoms with Gasteiger partial charge in [0.15, 0.2) is 9.04 Å². The summed E-state index contributed by atoms with van der Waals surface area (Å²) in [5, 5.41) is 0. The Labute approximate surface area is 44.6 Å². The Bertz CT molecular complexity index is 14.4. The normalized spacial score (nSPS) is 7.20. The standard InChI is InChI=1S/C2H8OSi.Fe/c1-4(2)3;/h3-4H,1-2H3;. The van der Waals surface area contributed by atoms with E-state index in [1.165, 1.54) is 0 Å². The molecule has 0 fully saturated rings. The largest absolute Gasteiger partial charge is 0.435 e. The zero-order valence-corrected chi connectivity index (χ0v) is 5.64. The van der Waals surface area contributed by atoms with Crippen LogP contribution in [0.15, 0.2) is 0 Å². The molecule has 0 bridgehead atoms. The van der Waals surface area contributed by atoms with E-state index in [1.54, 1.807) is 0 Å². The first-order valence-corrected chi connectivity index (χ1v) is 4.24. The van der Waals surface area contributed by atoms with Crippen molar-refractivity contribution >= 4 is 9.04 Å². The molecule has 1 nitrogen and oxygen atoms in total. The van der Waals surface area contributed by atoms with Crippen LogP contribution in [-0.2, 0) is 17.1 Å². The second-order valence-corrected chi connectivity index (χ2v) is 3.28. The monoisotopic (exact) mass is 132 g/mol. The summed E-state index contributed by atoms with van der Waals surface area (Å²) in [6.45, 7) is 3.72. The van der Waals surface area contributed by atoms with Crippen molar-refractivity contribution in [1.82, 2.24) is 0 Å². The minimum atomic E-state index is -1.14. The van der Waals surface area contributed by atoms with Gasteiger partial charge in [-0.15, -0.1) is 0 Å². The van der Waals surface area contributed by atoms with E-state index >= 15 is 0 Å². The van der Waals surface area contributed by atoms with E-state index in [0.29, 0.717) is 0 Å². The van der Waals surface area contributed by atoms with E-state index in [4.69, 9.17) is 4.80 Å². The molecule has 0 saturated heterocycles. The maximum absolute atomic E-state index is 8.19. The molecule has 0 saturated carbocycles. The van der Waals surface area contributed by atoms with E-state index in [-0.39, 0.29) is 17.1 Å². The van der Waals surface area contributed by atoms with Gasteiger partial charge in [-0.2, -0.15) is 0 Å². The molecule has 0 aliphatic rings. The molecule has 3 heteroatoms. The van der Waals surface area contributed by atoms with Gasteiger partial charge in [-0.3, -0.25) is 0 Å². The third-order valence-corrected chi connectivity index (χ3v) is 0. The Morgan fingerprint density at radius 1 is 1.40 bits per heavy atom. The Morgan fingerprint density at radius 2 is 1.40 bits per heavy atom. The van der Waals surface area contributed by atoms with Crippen LogP contribution in [0.25, 0.3) is 0 Å². The number of rotatable bonds is 0. The molecule has 0 aromatic rings. The molecule has 5 heavy (non-hydrogen) atoms. The SMILES string of the molecule is C[SiH](C)O.[Fe]. The van der Waals surface area contributed by atoms with E-state index in [0.717, 1.165) is 0 Å². The summed E-state index contributed by atoms with van der Waals surface area (Å²) in [6, 6.07) is 0. The molecule has 0 atom stereocenters. The zero-order valence-electron chi connectivity index (χ0n) is 3.38. The smallest absolute Gasteiger partial charge is 0.166 e. The average molecular weight is 132 g/mol. The summed E-state index contributed by atoms with van der Waals surface area (Å²) < 4.78 is 0. The van der Waals surface area contributed by atoms with Crippen LogP contribution in [0.2, 0.25) is 13.1 Å². The van der Waals surface area contributed by atoms with Crippen molar-refractivity contribution in [3.05, 3.63) is 0 Å². The first-order chi connectivity index (χ1) is 1.73. The summed E-state index contributed by atoms with van der Waals surface area (Å²) in [6.07, 6.45) is 0. The van der Waals surface area contributed by atoms with E-state index < -0.39 is 9.04 Å². The predicted molar refractivity (Wildman–Crippen MR) is 21.1 cm³/mol.